The van der Waals surface area contributed by atoms with Gasteiger partial charge < -0.3 is 5.11 Å². The van der Waals surface area contributed by atoms with Crippen molar-refractivity contribution in [2.45, 2.75) is 65.4 Å². The summed E-state index contributed by atoms with van der Waals surface area (Å²) < 4.78 is 0. The van der Waals surface area contributed by atoms with Crippen LogP contribution in [0, 0.1) is 16.7 Å². The molecule has 3 rings (SSSR count). The highest BCUT2D eigenvalue weighted by Gasteiger charge is 2.68. The van der Waals surface area contributed by atoms with E-state index in [1.165, 1.54) is 18.4 Å². The van der Waals surface area contributed by atoms with Gasteiger partial charge in [0.15, 0.2) is 0 Å². The minimum atomic E-state index is -0.682. The second kappa shape index (κ2) is 4.10. The lowest BCUT2D eigenvalue weighted by Crippen LogP contribution is -2.51. The topological polar surface area (TPSA) is 20.2 Å². The van der Waals surface area contributed by atoms with Crippen molar-refractivity contribution >= 4 is 0 Å². The summed E-state index contributed by atoms with van der Waals surface area (Å²) in [4.78, 5) is 0. The number of aliphatic hydroxyl groups is 1. The van der Waals surface area contributed by atoms with Crippen LogP contribution in [0.3, 0.4) is 0 Å². The van der Waals surface area contributed by atoms with E-state index in [1.807, 2.05) is 0 Å². The molecule has 110 valence electrons. The van der Waals surface area contributed by atoms with Gasteiger partial charge in [0.05, 0.1) is 0 Å². The Bertz CT molecular complexity index is 506. The maximum absolute atomic E-state index is 11.7. The van der Waals surface area contributed by atoms with E-state index in [2.05, 4.69) is 58.9 Å². The van der Waals surface area contributed by atoms with Crippen LogP contribution in [0.15, 0.2) is 24.3 Å². The van der Waals surface area contributed by atoms with Crippen LogP contribution in [0.1, 0.15) is 70.9 Å². The van der Waals surface area contributed by atoms with Crippen LogP contribution < -0.4 is 0 Å². The average molecular weight is 272 g/mol. The third kappa shape index (κ3) is 1.53. The van der Waals surface area contributed by atoms with Gasteiger partial charge in [-0.3, -0.25) is 0 Å². The summed E-state index contributed by atoms with van der Waals surface area (Å²) in [7, 11) is 0. The second-order valence-corrected chi connectivity index (χ2v) is 8.21. The fraction of sp³-hybridized carbons (Fsp3) is 0.684. The van der Waals surface area contributed by atoms with Gasteiger partial charge in [-0.2, -0.15) is 0 Å². The number of hydrogen-bond acceptors (Lipinski definition) is 1. The standard InChI is InChI=1S/C19H28O/c1-13(2)14-6-8-15(9-7-14)19(20)17(3,4)16-10-11-18(19,5)12-16/h6-9,13,16,20H,10-12H2,1-5H3. The van der Waals surface area contributed by atoms with E-state index in [4.69, 9.17) is 0 Å². The van der Waals surface area contributed by atoms with Gasteiger partial charge in [0.2, 0.25) is 0 Å². The summed E-state index contributed by atoms with van der Waals surface area (Å²) in [5, 5.41) is 11.7. The third-order valence-corrected chi connectivity index (χ3v) is 6.56. The van der Waals surface area contributed by atoms with Crippen LogP contribution in [0.25, 0.3) is 0 Å². The molecule has 1 aromatic carbocycles. The van der Waals surface area contributed by atoms with Crippen LogP contribution in [0.5, 0.6) is 0 Å². The molecule has 2 aliphatic carbocycles. The highest BCUT2D eigenvalue weighted by molar-refractivity contribution is 5.35. The van der Waals surface area contributed by atoms with Crippen LogP contribution in [0.2, 0.25) is 0 Å². The summed E-state index contributed by atoms with van der Waals surface area (Å²) in [6, 6.07) is 8.73. The van der Waals surface area contributed by atoms with Crippen molar-refractivity contribution < 1.29 is 5.11 Å². The van der Waals surface area contributed by atoms with Crippen LogP contribution in [-0.2, 0) is 5.60 Å². The molecule has 3 atom stereocenters. The lowest BCUT2D eigenvalue weighted by atomic mass is 9.57. The van der Waals surface area contributed by atoms with E-state index < -0.39 is 5.60 Å². The second-order valence-electron chi connectivity index (χ2n) is 8.21. The molecule has 2 bridgehead atoms. The highest BCUT2D eigenvalue weighted by Crippen LogP contribution is 2.71. The quantitative estimate of drug-likeness (QED) is 0.816. The molecule has 0 heterocycles. The Morgan fingerprint density at radius 2 is 1.70 bits per heavy atom. The summed E-state index contributed by atoms with van der Waals surface area (Å²) in [6.07, 6.45) is 3.60. The fourth-order valence-electron chi connectivity index (χ4n) is 5.09. The fourth-order valence-corrected chi connectivity index (χ4v) is 5.09. The van der Waals surface area contributed by atoms with Crippen LogP contribution in [-0.4, -0.2) is 5.11 Å². The van der Waals surface area contributed by atoms with Crippen LogP contribution in [0.4, 0.5) is 0 Å². The number of fused-ring (bicyclic) bond motifs is 2. The number of rotatable bonds is 2. The van der Waals surface area contributed by atoms with Gasteiger partial charge in [0.25, 0.3) is 0 Å². The molecule has 1 nitrogen and oxygen atoms in total. The maximum Gasteiger partial charge on any atom is 0.100 e. The first-order valence-corrected chi connectivity index (χ1v) is 8.05. The lowest BCUT2D eigenvalue weighted by molar-refractivity contribution is -0.150. The van der Waals surface area contributed by atoms with Gasteiger partial charge >= 0.3 is 0 Å². The Hall–Kier alpha value is -0.820. The van der Waals surface area contributed by atoms with Crippen molar-refractivity contribution in [1.82, 2.24) is 0 Å². The number of benzene rings is 1. The van der Waals surface area contributed by atoms with E-state index in [9.17, 15) is 5.11 Å². The molecule has 2 aliphatic rings. The van der Waals surface area contributed by atoms with Gasteiger partial charge in [-0.15, -0.1) is 0 Å². The smallest absolute Gasteiger partial charge is 0.100 e. The van der Waals surface area contributed by atoms with Gasteiger partial charge in [0.1, 0.15) is 5.60 Å². The molecule has 0 amide bonds. The van der Waals surface area contributed by atoms with E-state index in [-0.39, 0.29) is 10.8 Å². The summed E-state index contributed by atoms with van der Waals surface area (Å²) >= 11 is 0. The Morgan fingerprint density at radius 3 is 2.15 bits per heavy atom. The Kier molecular flexibility index (Phi) is 2.90. The molecule has 1 heteroatoms. The van der Waals surface area contributed by atoms with Crippen molar-refractivity contribution in [3.8, 4) is 0 Å². The Labute approximate surface area is 123 Å². The highest BCUT2D eigenvalue weighted by atomic mass is 16.3. The minimum absolute atomic E-state index is 0.0284. The first-order valence-electron chi connectivity index (χ1n) is 8.05. The molecular weight excluding hydrogens is 244 g/mol. The number of hydrogen-bond donors (Lipinski definition) is 1. The zero-order chi connectivity index (χ0) is 14.8. The Balaban J connectivity index is 2.07. The summed E-state index contributed by atoms with van der Waals surface area (Å²) in [5.41, 5.74) is 1.80. The third-order valence-electron chi connectivity index (χ3n) is 6.56. The van der Waals surface area contributed by atoms with E-state index in [1.54, 1.807) is 0 Å². The zero-order valence-corrected chi connectivity index (χ0v) is 13.5. The summed E-state index contributed by atoms with van der Waals surface area (Å²) in [5.74, 6) is 1.20. The predicted molar refractivity (Wildman–Crippen MR) is 83.7 cm³/mol. The van der Waals surface area contributed by atoms with Gasteiger partial charge in [-0.25, -0.2) is 0 Å². The van der Waals surface area contributed by atoms with E-state index in [0.29, 0.717) is 11.8 Å². The van der Waals surface area contributed by atoms with Crippen molar-refractivity contribution in [1.29, 1.82) is 0 Å². The van der Waals surface area contributed by atoms with Crippen LogP contribution >= 0.6 is 0 Å². The van der Waals surface area contributed by atoms with Gasteiger partial charge in [-0.1, -0.05) is 58.9 Å². The molecule has 0 radical (unpaired) electrons. The molecular formula is C19H28O. The first-order chi connectivity index (χ1) is 9.22. The largest absolute Gasteiger partial charge is 0.384 e. The summed E-state index contributed by atoms with van der Waals surface area (Å²) in [6.45, 7) is 11.2. The predicted octanol–water partition coefficient (Wildman–Crippen LogP) is 4.84. The maximum atomic E-state index is 11.7. The Morgan fingerprint density at radius 1 is 1.10 bits per heavy atom. The zero-order valence-electron chi connectivity index (χ0n) is 13.5. The van der Waals surface area contributed by atoms with E-state index >= 15 is 0 Å². The molecule has 0 saturated heterocycles. The normalized spacial score (nSPS) is 38.6. The van der Waals surface area contributed by atoms with Gasteiger partial charge in [0, 0.05) is 10.8 Å². The molecule has 0 aliphatic heterocycles. The lowest BCUT2D eigenvalue weighted by Gasteiger charge is -2.51. The van der Waals surface area contributed by atoms with Crippen molar-refractivity contribution in [2.75, 3.05) is 0 Å². The molecule has 20 heavy (non-hydrogen) atoms. The molecule has 2 fully saturated rings. The molecule has 1 N–H and O–H groups in total. The van der Waals surface area contributed by atoms with Crippen molar-refractivity contribution in [2.24, 2.45) is 16.7 Å². The molecule has 0 spiro atoms. The molecule has 3 unspecified atom stereocenters. The molecule has 2 saturated carbocycles. The first kappa shape index (κ1) is 14.1. The van der Waals surface area contributed by atoms with Crippen molar-refractivity contribution in [3.05, 3.63) is 35.4 Å². The minimum Gasteiger partial charge on any atom is -0.384 e. The average Bonchev–Trinajstić information content (AvgIpc) is 2.87. The van der Waals surface area contributed by atoms with E-state index in [0.717, 1.165) is 12.0 Å². The molecule has 0 aromatic heterocycles. The van der Waals surface area contributed by atoms with Crippen molar-refractivity contribution in [3.63, 3.8) is 0 Å². The monoisotopic (exact) mass is 272 g/mol. The molecule has 1 aromatic rings. The van der Waals surface area contributed by atoms with Gasteiger partial charge in [-0.05, 0) is 42.2 Å². The SMILES string of the molecule is CC(C)c1ccc(C2(O)C3(C)CCC(C3)C2(C)C)cc1.